The molecular formula is C12H15F3N2O. The molecule has 1 aliphatic rings. The number of alkyl halides is 3. The van der Waals surface area contributed by atoms with Crippen molar-refractivity contribution in [3.63, 3.8) is 0 Å². The van der Waals surface area contributed by atoms with Crippen LogP contribution in [0.15, 0.2) is 18.2 Å². The molecule has 1 aromatic rings. The number of aromatic hydroxyl groups is 1. The van der Waals surface area contributed by atoms with Crippen molar-refractivity contribution in [3.8, 4) is 5.75 Å². The number of rotatable bonds is 1. The van der Waals surface area contributed by atoms with Crippen LogP contribution in [0.4, 0.5) is 18.9 Å². The summed E-state index contributed by atoms with van der Waals surface area (Å²) in [5, 5.41) is 9.21. The average Bonchev–Trinajstić information content (AvgIpc) is 2.29. The van der Waals surface area contributed by atoms with Crippen LogP contribution >= 0.6 is 0 Å². The fraction of sp³-hybridized carbons (Fsp3) is 0.500. The first-order valence-electron chi connectivity index (χ1n) is 5.71. The van der Waals surface area contributed by atoms with Gasteiger partial charge in [-0.25, -0.2) is 0 Å². The first kappa shape index (κ1) is 13.0. The van der Waals surface area contributed by atoms with E-state index in [0.717, 1.165) is 19.2 Å². The number of piperazine rings is 1. The molecule has 100 valence electrons. The van der Waals surface area contributed by atoms with Crippen LogP contribution in [0.1, 0.15) is 5.56 Å². The number of phenolic OH excluding ortho intramolecular Hbond substituents is 1. The van der Waals surface area contributed by atoms with E-state index in [-0.39, 0.29) is 11.4 Å². The van der Waals surface area contributed by atoms with Gasteiger partial charge in [0.25, 0.3) is 0 Å². The number of likely N-dealkylation sites (N-methyl/N-ethyl adjacent to an activating group) is 1. The topological polar surface area (TPSA) is 26.7 Å². The van der Waals surface area contributed by atoms with Gasteiger partial charge in [-0.2, -0.15) is 13.2 Å². The molecule has 0 radical (unpaired) electrons. The molecule has 6 heteroatoms. The molecule has 0 saturated carbocycles. The summed E-state index contributed by atoms with van der Waals surface area (Å²) in [5.41, 5.74) is -0.625. The fourth-order valence-corrected chi connectivity index (χ4v) is 2.07. The van der Waals surface area contributed by atoms with Gasteiger partial charge in [-0.05, 0) is 25.2 Å². The molecule has 18 heavy (non-hydrogen) atoms. The van der Waals surface area contributed by atoms with Crippen molar-refractivity contribution in [1.29, 1.82) is 0 Å². The van der Waals surface area contributed by atoms with E-state index in [1.165, 1.54) is 12.1 Å². The summed E-state index contributed by atoms with van der Waals surface area (Å²) in [6, 6.07) is 3.42. The van der Waals surface area contributed by atoms with Crippen molar-refractivity contribution in [1.82, 2.24) is 4.90 Å². The Morgan fingerprint density at radius 1 is 1.11 bits per heavy atom. The molecule has 2 rings (SSSR count). The molecule has 0 spiro atoms. The number of hydrogen-bond acceptors (Lipinski definition) is 3. The number of halogens is 3. The lowest BCUT2D eigenvalue weighted by molar-refractivity contribution is -0.137. The minimum absolute atomic E-state index is 0.147. The van der Waals surface area contributed by atoms with E-state index in [0.29, 0.717) is 13.1 Å². The summed E-state index contributed by atoms with van der Waals surface area (Å²) in [6.45, 7) is 2.59. The van der Waals surface area contributed by atoms with Gasteiger partial charge in [-0.1, -0.05) is 0 Å². The Morgan fingerprint density at radius 3 is 2.28 bits per heavy atom. The van der Waals surface area contributed by atoms with Gasteiger partial charge < -0.3 is 14.9 Å². The Kier molecular flexibility index (Phi) is 3.38. The lowest BCUT2D eigenvalue weighted by Gasteiger charge is -2.35. The van der Waals surface area contributed by atoms with E-state index in [1.54, 1.807) is 4.90 Å². The van der Waals surface area contributed by atoms with Gasteiger partial charge >= 0.3 is 6.18 Å². The molecule has 3 nitrogen and oxygen atoms in total. The Labute approximate surface area is 103 Å². The zero-order valence-corrected chi connectivity index (χ0v) is 10.0. The average molecular weight is 260 g/mol. The Hall–Kier alpha value is -1.43. The first-order valence-corrected chi connectivity index (χ1v) is 5.71. The second-order valence-electron chi connectivity index (χ2n) is 4.49. The van der Waals surface area contributed by atoms with Crippen LogP contribution in [-0.4, -0.2) is 43.2 Å². The molecule has 1 N–H and O–H groups in total. The van der Waals surface area contributed by atoms with Gasteiger partial charge in [0.15, 0.2) is 0 Å². The van der Waals surface area contributed by atoms with Gasteiger partial charge in [0.1, 0.15) is 5.75 Å². The minimum Gasteiger partial charge on any atom is -0.508 e. The zero-order chi connectivity index (χ0) is 13.3. The Balaban J connectivity index is 2.32. The minimum atomic E-state index is -4.45. The van der Waals surface area contributed by atoms with Crippen LogP contribution < -0.4 is 4.90 Å². The summed E-state index contributed by atoms with van der Waals surface area (Å²) in [6.07, 6.45) is -4.45. The van der Waals surface area contributed by atoms with E-state index < -0.39 is 11.7 Å². The standard InChI is InChI=1S/C12H15F3N2O/c1-16-4-6-17(7-5-16)11-3-2-9(18)8-10(11)12(13,14)15/h2-3,8,18H,4-7H2,1H3. The summed E-state index contributed by atoms with van der Waals surface area (Å²) in [7, 11) is 1.94. The highest BCUT2D eigenvalue weighted by molar-refractivity contribution is 5.57. The van der Waals surface area contributed by atoms with Gasteiger partial charge in [0.05, 0.1) is 5.56 Å². The van der Waals surface area contributed by atoms with Crippen LogP contribution in [-0.2, 0) is 6.18 Å². The van der Waals surface area contributed by atoms with Crippen LogP contribution in [0, 0.1) is 0 Å². The molecule has 1 heterocycles. The number of phenols is 1. The fourth-order valence-electron chi connectivity index (χ4n) is 2.07. The third-order valence-corrected chi connectivity index (χ3v) is 3.13. The van der Waals surface area contributed by atoms with E-state index in [2.05, 4.69) is 4.90 Å². The van der Waals surface area contributed by atoms with Crippen molar-refractivity contribution < 1.29 is 18.3 Å². The maximum atomic E-state index is 12.9. The molecular weight excluding hydrogens is 245 g/mol. The summed E-state index contributed by atoms with van der Waals surface area (Å²) in [5.74, 6) is -0.361. The van der Waals surface area contributed by atoms with E-state index in [1.807, 2.05) is 7.05 Å². The number of hydrogen-bond donors (Lipinski definition) is 1. The highest BCUT2D eigenvalue weighted by Crippen LogP contribution is 2.38. The van der Waals surface area contributed by atoms with Gasteiger partial charge in [0.2, 0.25) is 0 Å². The molecule has 1 saturated heterocycles. The summed E-state index contributed by atoms with van der Waals surface area (Å²) >= 11 is 0. The number of nitrogens with zero attached hydrogens (tertiary/aromatic N) is 2. The second kappa shape index (κ2) is 4.68. The molecule has 0 bridgehead atoms. The SMILES string of the molecule is CN1CCN(c2ccc(O)cc2C(F)(F)F)CC1. The predicted molar refractivity (Wildman–Crippen MR) is 62.8 cm³/mol. The third-order valence-electron chi connectivity index (χ3n) is 3.13. The molecule has 0 atom stereocenters. The van der Waals surface area contributed by atoms with Gasteiger partial charge in [-0.15, -0.1) is 0 Å². The highest BCUT2D eigenvalue weighted by atomic mass is 19.4. The molecule has 1 aliphatic heterocycles. The van der Waals surface area contributed by atoms with Crippen molar-refractivity contribution >= 4 is 5.69 Å². The van der Waals surface area contributed by atoms with Crippen LogP contribution in [0.25, 0.3) is 0 Å². The molecule has 0 unspecified atom stereocenters. The quantitative estimate of drug-likeness (QED) is 0.838. The first-order chi connectivity index (χ1) is 8.38. The smallest absolute Gasteiger partial charge is 0.418 e. The van der Waals surface area contributed by atoms with Crippen molar-refractivity contribution in [2.24, 2.45) is 0 Å². The second-order valence-corrected chi connectivity index (χ2v) is 4.49. The van der Waals surface area contributed by atoms with E-state index in [9.17, 15) is 18.3 Å². The number of benzene rings is 1. The monoisotopic (exact) mass is 260 g/mol. The summed E-state index contributed by atoms with van der Waals surface area (Å²) in [4.78, 5) is 3.78. The van der Waals surface area contributed by atoms with Crippen molar-refractivity contribution in [2.75, 3.05) is 38.1 Å². The maximum Gasteiger partial charge on any atom is 0.418 e. The highest BCUT2D eigenvalue weighted by Gasteiger charge is 2.35. The molecule has 1 aromatic carbocycles. The van der Waals surface area contributed by atoms with Crippen molar-refractivity contribution in [2.45, 2.75) is 6.18 Å². The van der Waals surface area contributed by atoms with Crippen molar-refractivity contribution in [3.05, 3.63) is 23.8 Å². The molecule has 0 aromatic heterocycles. The molecule has 0 amide bonds. The predicted octanol–water partition coefficient (Wildman–Crippen LogP) is 2.16. The van der Waals surface area contributed by atoms with Gasteiger partial charge in [0, 0.05) is 31.9 Å². The molecule has 0 aliphatic carbocycles. The van der Waals surface area contributed by atoms with Crippen LogP contribution in [0.3, 0.4) is 0 Å². The Morgan fingerprint density at radius 2 is 1.72 bits per heavy atom. The normalized spacial score (nSPS) is 18.1. The van der Waals surface area contributed by atoms with E-state index >= 15 is 0 Å². The summed E-state index contributed by atoms with van der Waals surface area (Å²) < 4.78 is 38.7. The largest absolute Gasteiger partial charge is 0.508 e. The van der Waals surface area contributed by atoms with Crippen LogP contribution in [0.5, 0.6) is 5.75 Å². The molecule has 1 fully saturated rings. The van der Waals surface area contributed by atoms with Crippen LogP contribution in [0.2, 0.25) is 0 Å². The Bertz CT molecular complexity index is 426. The third kappa shape index (κ3) is 2.69. The zero-order valence-electron chi connectivity index (χ0n) is 10.0. The lowest BCUT2D eigenvalue weighted by atomic mass is 10.1. The van der Waals surface area contributed by atoms with E-state index in [4.69, 9.17) is 0 Å². The maximum absolute atomic E-state index is 12.9. The van der Waals surface area contributed by atoms with Gasteiger partial charge in [-0.3, -0.25) is 0 Å². The lowest BCUT2D eigenvalue weighted by Crippen LogP contribution is -2.45. The number of anilines is 1.